The number of hydrogen-bond acceptors (Lipinski definition) is 4. The number of rotatable bonds is 6. The highest BCUT2D eigenvalue weighted by Gasteiger charge is 2.18. The molecule has 0 saturated carbocycles. The quantitative estimate of drug-likeness (QED) is 0.666. The van der Waals surface area contributed by atoms with Gasteiger partial charge in [0.2, 0.25) is 5.91 Å². The second-order valence-electron chi connectivity index (χ2n) is 3.51. The number of aliphatic carboxylic acids is 1. The van der Waals surface area contributed by atoms with E-state index in [0.717, 1.165) is 10.5 Å². The summed E-state index contributed by atoms with van der Waals surface area (Å²) in [6.07, 6.45) is 0. The van der Waals surface area contributed by atoms with Gasteiger partial charge in [-0.2, -0.15) is 11.3 Å². The van der Waals surface area contributed by atoms with Crippen LogP contribution in [0.2, 0.25) is 0 Å². The second kappa shape index (κ2) is 6.60. The van der Waals surface area contributed by atoms with Gasteiger partial charge in [-0.3, -0.25) is 9.59 Å². The molecule has 1 heterocycles. The normalized spacial score (nSPS) is 9.78. The van der Waals surface area contributed by atoms with Crippen LogP contribution in [0.25, 0.3) is 0 Å². The van der Waals surface area contributed by atoms with Crippen molar-refractivity contribution in [2.24, 2.45) is 5.73 Å². The van der Waals surface area contributed by atoms with Gasteiger partial charge in [0.1, 0.15) is 13.1 Å². The molecular formula is C10H13N3O4S. The molecule has 1 aromatic heterocycles. The average Bonchev–Trinajstić information content (AvgIpc) is 2.76. The summed E-state index contributed by atoms with van der Waals surface area (Å²) < 4.78 is 0. The number of nitrogens with zero attached hydrogens (tertiary/aromatic N) is 1. The number of carboxylic acids is 1. The Labute approximate surface area is 107 Å². The maximum atomic E-state index is 11.7. The summed E-state index contributed by atoms with van der Waals surface area (Å²) in [5.74, 6) is -1.97. The number of hydrogen-bond donors (Lipinski definition) is 3. The van der Waals surface area contributed by atoms with Crippen molar-refractivity contribution in [2.75, 3.05) is 13.1 Å². The number of thiophene rings is 1. The fourth-order valence-corrected chi connectivity index (χ4v) is 1.90. The van der Waals surface area contributed by atoms with Gasteiger partial charge in [0.05, 0.1) is 0 Å². The summed E-state index contributed by atoms with van der Waals surface area (Å²) in [6, 6.07) is 1.20. The molecule has 18 heavy (non-hydrogen) atoms. The molecule has 0 aliphatic rings. The molecule has 0 fully saturated rings. The third-order valence-corrected chi connectivity index (χ3v) is 2.72. The Balaban J connectivity index is 2.52. The van der Waals surface area contributed by atoms with Gasteiger partial charge in [0.25, 0.3) is 0 Å². The first kappa shape index (κ1) is 14.0. The Bertz CT molecular complexity index is 416. The van der Waals surface area contributed by atoms with Crippen LogP contribution in [0.1, 0.15) is 5.56 Å². The topological polar surface area (TPSA) is 113 Å². The Kier molecular flexibility index (Phi) is 5.12. The Morgan fingerprint density at radius 2 is 2.11 bits per heavy atom. The smallest absolute Gasteiger partial charge is 0.323 e. The number of carbonyl (C=O) groups excluding carboxylic acids is 2. The summed E-state index contributed by atoms with van der Waals surface area (Å²) in [5, 5.41) is 14.9. The van der Waals surface area contributed by atoms with Crippen molar-refractivity contribution in [3.63, 3.8) is 0 Å². The zero-order chi connectivity index (χ0) is 13.5. The van der Waals surface area contributed by atoms with Gasteiger partial charge in [0.15, 0.2) is 0 Å². The third-order valence-electron chi connectivity index (χ3n) is 1.98. The summed E-state index contributed by atoms with van der Waals surface area (Å²) in [6.45, 7) is -0.725. The van der Waals surface area contributed by atoms with E-state index in [2.05, 4.69) is 5.32 Å². The number of carbonyl (C=O) groups is 3. The van der Waals surface area contributed by atoms with Crippen molar-refractivity contribution >= 4 is 29.2 Å². The maximum absolute atomic E-state index is 11.7. The van der Waals surface area contributed by atoms with Gasteiger partial charge in [0, 0.05) is 6.54 Å². The van der Waals surface area contributed by atoms with E-state index in [1.54, 1.807) is 0 Å². The van der Waals surface area contributed by atoms with Gasteiger partial charge in [-0.05, 0) is 22.4 Å². The summed E-state index contributed by atoms with van der Waals surface area (Å²) >= 11 is 1.49. The van der Waals surface area contributed by atoms with Crippen LogP contribution in [-0.2, 0) is 16.1 Å². The number of nitrogens with one attached hydrogen (secondary N) is 1. The highest BCUT2D eigenvalue weighted by molar-refractivity contribution is 7.07. The molecule has 0 bridgehead atoms. The first-order chi connectivity index (χ1) is 8.49. The molecule has 0 saturated heterocycles. The monoisotopic (exact) mass is 271 g/mol. The fourth-order valence-electron chi connectivity index (χ4n) is 1.23. The predicted octanol–water partition coefficient (Wildman–Crippen LogP) is -0.170. The minimum atomic E-state index is -1.21. The van der Waals surface area contributed by atoms with Crippen molar-refractivity contribution in [2.45, 2.75) is 6.54 Å². The van der Waals surface area contributed by atoms with Crippen LogP contribution in [0.15, 0.2) is 16.8 Å². The summed E-state index contributed by atoms with van der Waals surface area (Å²) in [5.41, 5.74) is 5.85. The third kappa shape index (κ3) is 4.83. The Morgan fingerprint density at radius 3 is 2.61 bits per heavy atom. The number of nitrogens with two attached hydrogens (primary N) is 1. The van der Waals surface area contributed by atoms with Gasteiger partial charge in [-0.1, -0.05) is 0 Å². The maximum Gasteiger partial charge on any atom is 0.323 e. The molecule has 0 unspecified atom stereocenters. The molecule has 7 nitrogen and oxygen atoms in total. The highest BCUT2D eigenvalue weighted by Crippen LogP contribution is 2.05. The van der Waals surface area contributed by atoms with E-state index in [4.69, 9.17) is 10.8 Å². The Morgan fingerprint density at radius 1 is 1.39 bits per heavy atom. The van der Waals surface area contributed by atoms with E-state index in [-0.39, 0.29) is 6.54 Å². The van der Waals surface area contributed by atoms with Crippen LogP contribution >= 0.6 is 11.3 Å². The van der Waals surface area contributed by atoms with Crippen LogP contribution in [0, 0.1) is 0 Å². The standard InChI is InChI=1S/C10H13N3O4S/c11-8(14)4-13(5-9(15)16)10(17)12-3-7-1-2-18-6-7/h1-2,6H,3-5H2,(H2,11,14)(H,12,17)(H,15,16). The lowest BCUT2D eigenvalue weighted by Gasteiger charge is -2.19. The predicted molar refractivity (Wildman–Crippen MR) is 65.0 cm³/mol. The number of carboxylic acid groups (broad SMARTS) is 1. The molecule has 0 aliphatic heterocycles. The van der Waals surface area contributed by atoms with Crippen molar-refractivity contribution in [3.8, 4) is 0 Å². The van der Waals surface area contributed by atoms with Gasteiger partial charge in [-0.15, -0.1) is 0 Å². The minimum Gasteiger partial charge on any atom is -0.480 e. The molecule has 8 heteroatoms. The van der Waals surface area contributed by atoms with E-state index in [1.807, 2.05) is 16.8 Å². The van der Waals surface area contributed by atoms with Crippen molar-refractivity contribution in [3.05, 3.63) is 22.4 Å². The van der Waals surface area contributed by atoms with Crippen LogP contribution < -0.4 is 11.1 Å². The lowest BCUT2D eigenvalue weighted by molar-refractivity contribution is -0.137. The van der Waals surface area contributed by atoms with E-state index in [1.165, 1.54) is 11.3 Å². The van der Waals surface area contributed by atoms with Gasteiger partial charge in [-0.25, -0.2) is 4.79 Å². The van der Waals surface area contributed by atoms with E-state index < -0.39 is 31.0 Å². The van der Waals surface area contributed by atoms with Crippen LogP contribution in [0.4, 0.5) is 4.79 Å². The lowest BCUT2D eigenvalue weighted by Crippen LogP contribution is -2.46. The molecule has 4 N–H and O–H groups in total. The van der Waals surface area contributed by atoms with Crippen molar-refractivity contribution in [1.82, 2.24) is 10.2 Å². The van der Waals surface area contributed by atoms with Crippen molar-refractivity contribution < 1.29 is 19.5 Å². The van der Waals surface area contributed by atoms with E-state index >= 15 is 0 Å². The molecule has 98 valence electrons. The van der Waals surface area contributed by atoms with E-state index in [0.29, 0.717) is 0 Å². The molecule has 1 rings (SSSR count). The minimum absolute atomic E-state index is 0.275. The Hall–Kier alpha value is -2.09. The molecule has 3 amide bonds. The molecular weight excluding hydrogens is 258 g/mol. The molecule has 0 aromatic carbocycles. The number of primary amides is 1. The molecule has 1 aromatic rings. The van der Waals surface area contributed by atoms with Gasteiger partial charge >= 0.3 is 12.0 Å². The summed E-state index contributed by atoms with van der Waals surface area (Å²) in [7, 11) is 0. The summed E-state index contributed by atoms with van der Waals surface area (Å²) in [4.78, 5) is 33.8. The van der Waals surface area contributed by atoms with Gasteiger partial charge < -0.3 is 21.1 Å². The zero-order valence-electron chi connectivity index (χ0n) is 9.46. The average molecular weight is 271 g/mol. The number of amides is 3. The molecule has 0 aliphatic carbocycles. The fraction of sp³-hybridized carbons (Fsp3) is 0.300. The molecule has 0 atom stereocenters. The van der Waals surface area contributed by atoms with Crippen LogP contribution in [-0.4, -0.2) is 41.0 Å². The van der Waals surface area contributed by atoms with E-state index in [9.17, 15) is 14.4 Å². The largest absolute Gasteiger partial charge is 0.480 e. The van der Waals surface area contributed by atoms with Crippen molar-refractivity contribution in [1.29, 1.82) is 0 Å². The molecule has 0 radical (unpaired) electrons. The first-order valence-electron chi connectivity index (χ1n) is 5.03. The molecule has 0 spiro atoms. The highest BCUT2D eigenvalue weighted by atomic mass is 32.1. The lowest BCUT2D eigenvalue weighted by atomic mass is 10.3. The SMILES string of the molecule is NC(=O)CN(CC(=O)O)C(=O)NCc1ccsc1. The zero-order valence-corrected chi connectivity index (χ0v) is 10.3. The number of urea groups is 1. The van der Waals surface area contributed by atoms with Crippen LogP contribution in [0.5, 0.6) is 0 Å². The first-order valence-corrected chi connectivity index (χ1v) is 5.97. The van der Waals surface area contributed by atoms with Crippen LogP contribution in [0.3, 0.4) is 0 Å². The second-order valence-corrected chi connectivity index (χ2v) is 4.29.